The maximum Gasteiger partial charge on any atom is 0.328 e. The molecule has 0 saturated heterocycles. The summed E-state index contributed by atoms with van der Waals surface area (Å²) in [6.45, 7) is 0.747. The molecule has 0 radical (unpaired) electrons. The van der Waals surface area contributed by atoms with Crippen LogP contribution in [0.25, 0.3) is 11.1 Å². The third-order valence-corrected chi connectivity index (χ3v) is 3.23. The van der Waals surface area contributed by atoms with E-state index in [1.54, 1.807) is 0 Å². The molecule has 0 atom stereocenters. The van der Waals surface area contributed by atoms with Crippen molar-refractivity contribution in [3.8, 4) is 11.1 Å². The molecule has 0 aliphatic carbocycles. The number of urea groups is 1. The average molecular weight is 297 g/mol. The molecular formula is C17H19N3O2. The van der Waals surface area contributed by atoms with Crippen LogP contribution in [-0.2, 0) is 4.79 Å². The second-order valence-corrected chi connectivity index (χ2v) is 4.81. The number of hydrogen-bond acceptors (Lipinski definition) is 3. The molecule has 0 aromatic heterocycles. The van der Waals surface area contributed by atoms with Crippen LogP contribution < -0.4 is 11.1 Å². The van der Waals surface area contributed by atoms with Crippen LogP contribution in [0.15, 0.2) is 54.6 Å². The Morgan fingerprint density at radius 2 is 1.68 bits per heavy atom. The number of imide groups is 1. The lowest BCUT2D eigenvalue weighted by Gasteiger charge is -2.16. The zero-order valence-electron chi connectivity index (χ0n) is 12.2. The lowest BCUT2D eigenvalue weighted by atomic mass is 10.1. The quantitative estimate of drug-likeness (QED) is 0.805. The molecule has 0 bridgehead atoms. The van der Waals surface area contributed by atoms with Gasteiger partial charge in [-0.2, -0.15) is 0 Å². The fourth-order valence-electron chi connectivity index (χ4n) is 2.04. The number of hydrogen-bond donors (Lipinski definition) is 2. The number of carbonyl (C=O) groups is 2. The van der Waals surface area contributed by atoms with Crippen molar-refractivity contribution in [2.75, 3.05) is 18.4 Å². The second-order valence-electron chi connectivity index (χ2n) is 4.81. The summed E-state index contributed by atoms with van der Waals surface area (Å²) in [5, 5.41) is 2.70. The van der Waals surface area contributed by atoms with Crippen molar-refractivity contribution in [2.24, 2.45) is 5.73 Å². The molecule has 0 spiro atoms. The normalized spacial score (nSPS) is 10.0. The molecule has 0 aliphatic heterocycles. The van der Waals surface area contributed by atoms with Gasteiger partial charge in [0.2, 0.25) is 6.41 Å². The van der Waals surface area contributed by atoms with E-state index in [1.165, 1.54) is 0 Å². The van der Waals surface area contributed by atoms with Crippen molar-refractivity contribution in [3.63, 3.8) is 0 Å². The van der Waals surface area contributed by atoms with Gasteiger partial charge >= 0.3 is 6.03 Å². The minimum Gasteiger partial charge on any atom is -0.330 e. The minimum absolute atomic E-state index is 0.313. The van der Waals surface area contributed by atoms with E-state index < -0.39 is 6.03 Å². The maximum atomic E-state index is 11.9. The van der Waals surface area contributed by atoms with Gasteiger partial charge in [0.25, 0.3) is 0 Å². The predicted octanol–water partition coefficient (Wildman–Crippen LogP) is 2.69. The Hall–Kier alpha value is -2.66. The zero-order chi connectivity index (χ0) is 15.8. The standard InChI is InChI=1S/C17H19N3O2/c18-11-4-12-20(13-21)17(22)19-16-9-7-15(8-10-16)14-5-2-1-3-6-14/h1-3,5-10,13H,4,11-12,18H2,(H,19,22). The first-order valence-corrected chi connectivity index (χ1v) is 7.13. The number of nitrogens with two attached hydrogens (primary N) is 1. The maximum absolute atomic E-state index is 11.9. The van der Waals surface area contributed by atoms with Crippen molar-refractivity contribution in [2.45, 2.75) is 6.42 Å². The van der Waals surface area contributed by atoms with E-state index >= 15 is 0 Å². The number of anilines is 1. The molecule has 0 unspecified atom stereocenters. The van der Waals surface area contributed by atoms with Crippen molar-refractivity contribution < 1.29 is 9.59 Å². The van der Waals surface area contributed by atoms with Gasteiger partial charge in [-0.05, 0) is 36.2 Å². The molecule has 22 heavy (non-hydrogen) atoms. The van der Waals surface area contributed by atoms with Crippen molar-refractivity contribution in [1.29, 1.82) is 0 Å². The summed E-state index contributed by atoms with van der Waals surface area (Å²) in [5.74, 6) is 0. The van der Waals surface area contributed by atoms with E-state index in [0.717, 1.165) is 16.0 Å². The van der Waals surface area contributed by atoms with Gasteiger partial charge in [0.15, 0.2) is 0 Å². The highest BCUT2D eigenvalue weighted by molar-refractivity contribution is 5.95. The fraction of sp³-hybridized carbons (Fsp3) is 0.176. The highest BCUT2D eigenvalue weighted by atomic mass is 16.2. The Morgan fingerprint density at radius 3 is 2.27 bits per heavy atom. The van der Waals surface area contributed by atoms with Crippen LogP contribution in [0.1, 0.15) is 6.42 Å². The Morgan fingerprint density at radius 1 is 1.05 bits per heavy atom. The van der Waals surface area contributed by atoms with E-state index in [-0.39, 0.29) is 0 Å². The molecule has 2 aromatic rings. The molecule has 114 valence electrons. The van der Waals surface area contributed by atoms with Crippen LogP contribution in [0.5, 0.6) is 0 Å². The van der Waals surface area contributed by atoms with Crippen LogP contribution >= 0.6 is 0 Å². The summed E-state index contributed by atoms with van der Waals surface area (Å²) in [6, 6.07) is 17.0. The SMILES string of the molecule is NCCCN(C=O)C(=O)Nc1ccc(-c2ccccc2)cc1. The van der Waals surface area contributed by atoms with E-state index in [1.807, 2.05) is 54.6 Å². The zero-order valence-corrected chi connectivity index (χ0v) is 12.2. The van der Waals surface area contributed by atoms with Crippen LogP contribution in [0.2, 0.25) is 0 Å². The number of amides is 3. The van der Waals surface area contributed by atoms with E-state index in [2.05, 4.69) is 5.32 Å². The number of carbonyl (C=O) groups excluding carboxylic acids is 2. The Bertz CT molecular complexity index is 612. The summed E-state index contributed by atoms with van der Waals surface area (Å²) >= 11 is 0. The molecule has 2 rings (SSSR count). The topological polar surface area (TPSA) is 75.4 Å². The average Bonchev–Trinajstić information content (AvgIpc) is 2.57. The minimum atomic E-state index is -0.448. The molecule has 0 aliphatic rings. The third-order valence-electron chi connectivity index (χ3n) is 3.23. The van der Waals surface area contributed by atoms with Gasteiger partial charge in [-0.15, -0.1) is 0 Å². The van der Waals surface area contributed by atoms with E-state index in [0.29, 0.717) is 31.6 Å². The first-order valence-electron chi connectivity index (χ1n) is 7.13. The smallest absolute Gasteiger partial charge is 0.328 e. The Labute approximate surface area is 129 Å². The lowest BCUT2D eigenvalue weighted by Crippen LogP contribution is -2.35. The van der Waals surface area contributed by atoms with Gasteiger partial charge in [0.1, 0.15) is 0 Å². The molecular weight excluding hydrogens is 278 g/mol. The fourth-order valence-corrected chi connectivity index (χ4v) is 2.04. The molecule has 5 heteroatoms. The summed E-state index contributed by atoms with van der Waals surface area (Å²) in [7, 11) is 0. The molecule has 0 saturated carbocycles. The molecule has 0 heterocycles. The number of rotatable bonds is 6. The molecule has 3 N–H and O–H groups in total. The summed E-state index contributed by atoms with van der Waals surface area (Å²) < 4.78 is 0. The summed E-state index contributed by atoms with van der Waals surface area (Å²) in [4.78, 5) is 23.9. The first kappa shape index (κ1) is 15.7. The van der Waals surface area contributed by atoms with Crippen LogP contribution in [-0.4, -0.2) is 30.4 Å². The largest absolute Gasteiger partial charge is 0.330 e. The molecule has 5 nitrogen and oxygen atoms in total. The molecule has 2 aromatic carbocycles. The molecule has 0 fully saturated rings. The predicted molar refractivity (Wildman–Crippen MR) is 87.3 cm³/mol. The monoisotopic (exact) mass is 297 g/mol. The van der Waals surface area contributed by atoms with Gasteiger partial charge in [0.05, 0.1) is 0 Å². The number of nitrogens with one attached hydrogen (secondary N) is 1. The third kappa shape index (κ3) is 4.17. The summed E-state index contributed by atoms with van der Waals surface area (Å²) in [6.07, 6.45) is 1.10. The van der Waals surface area contributed by atoms with Gasteiger partial charge in [-0.25, -0.2) is 4.79 Å². The second kappa shape index (κ2) is 7.95. The summed E-state index contributed by atoms with van der Waals surface area (Å²) in [5.41, 5.74) is 8.20. The molecule has 3 amide bonds. The lowest BCUT2D eigenvalue weighted by molar-refractivity contribution is -0.115. The van der Waals surface area contributed by atoms with Gasteiger partial charge in [-0.3, -0.25) is 9.69 Å². The first-order chi connectivity index (χ1) is 10.7. The van der Waals surface area contributed by atoms with Crippen LogP contribution in [0, 0.1) is 0 Å². The van der Waals surface area contributed by atoms with Crippen LogP contribution in [0.4, 0.5) is 10.5 Å². The number of nitrogens with zero attached hydrogens (tertiary/aromatic N) is 1. The Kier molecular flexibility index (Phi) is 5.68. The van der Waals surface area contributed by atoms with Gasteiger partial charge < -0.3 is 11.1 Å². The Balaban J connectivity index is 2.02. The van der Waals surface area contributed by atoms with Crippen molar-refractivity contribution in [1.82, 2.24) is 4.90 Å². The van der Waals surface area contributed by atoms with Gasteiger partial charge in [-0.1, -0.05) is 42.5 Å². The van der Waals surface area contributed by atoms with Crippen molar-refractivity contribution >= 4 is 18.1 Å². The van der Waals surface area contributed by atoms with Gasteiger partial charge in [0, 0.05) is 12.2 Å². The highest BCUT2D eigenvalue weighted by Crippen LogP contribution is 2.21. The van der Waals surface area contributed by atoms with E-state index in [4.69, 9.17) is 5.73 Å². The highest BCUT2D eigenvalue weighted by Gasteiger charge is 2.11. The number of benzene rings is 2. The van der Waals surface area contributed by atoms with Crippen LogP contribution in [0.3, 0.4) is 0 Å². The van der Waals surface area contributed by atoms with Crippen molar-refractivity contribution in [3.05, 3.63) is 54.6 Å². The van der Waals surface area contributed by atoms with E-state index in [9.17, 15) is 9.59 Å².